The van der Waals surface area contributed by atoms with Gasteiger partial charge in [0.15, 0.2) is 0 Å². The third-order valence-electron chi connectivity index (χ3n) is 1.19. The lowest BCUT2D eigenvalue weighted by Gasteiger charge is -1.98. The first-order chi connectivity index (χ1) is 5.34. The third kappa shape index (κ3) is 2.04. The molecule has 1 aromatic heterocycles. The quantitative estimate of drug-likeness (QED) is 0.670. The van der Waals surface area contributed by atoms with Gasteiger partial charge in [0, 0.05) is 18.8 Å². The zero-order valence-electron chi connectivity index (χ0n) is 6.29. The molecule has 1 aromatic rings. The van der Waals surface area contributed by atoms with E-state index in [2.05, 4.69) is 16.4 Å². The molecule has 0 fully saturated rings. The maximum Gasteiger partial charge on any atom is 0.269 e. The van der Waals surface area contributed by atoms with Crippen molar-refractivity contribution in [2.45, 2.75) is 6.92 Å². The third-order valence-corrected chi connectivity index (χ3v) is 1.19. The molecule has 11 heavy (non-hydrogen) atoms. The first kappa shape index (κ1) is 7.72. The van der Waals surface area contributed by atoms with Crippen molar-refractivity contribution in [1.29, 1.82) is 0 Å². The normalized spacial score (nSPS) is 9.18. The molecule has 3 heteroatoms. The molecular formula is C8H9N2O. The molecule has 0 saturated heterocycles. The fraction of sp³-hybridized carbons (Fsp3) is 0.250. The van der Waals surface area contributed by atoms with E-state index < -0.39 is 0 Å². The van der Waals surface area contributed by atoms with E-state index in [0.717, 1.165) is 0 Å². The molecule has 57 valence electrons. The van der Waals surface area contributed by atoms with E-state index in [1.54, 1.807) is 12.1 Å². The maximum absolute atomic E-state index is 11.1. The van der Waals surface area contributed by atoms with Crippen LogP contribution in [0.5, 0.6) is 0 Å². The van der Waals surface area contributed by atoms with Gasteiger partial charge in [0.2, 0.25) is 0 Å². The van der Waals surface area contributed by atoms with Gasteiger partial charge in [-0.1, -0.05) is 6.07 Å². The van der Waals surface area contributed by atoms with Gasteiger partial charge in [0.1, 0.15) is 5.69 Å². The van der Waals surface area contributed by atoms with Gasteiger partial charge in [-0.25, -0.2) is 0 Å². The van der Waals surface area contributed by atoms with Crippen LogP contribution in [0.15, 0.2) is 18.3 Å². The van der Waals surface area contributed by atoms with E-state index in [-0.39, 0.29) is 5.91 Å². The van der Waals surface area contributed by atoms with Crippen molar-refractivity contribution < 1.29 is 4.79 Å². The zero-order valence-corrected chi connectivity index (χ0v) is 6.29. The molecule has 0 bridgehead atoms. The van der Waals surface area contributed by atoms with E-state index in [9.17, 15) is 4.79 Å². The monoisotopic (exact) mass is 149 g/mol. The molecule has 0 saturated carbocycles. The highest BCUT2D eigenvalue weighted by Gasteiger charge is 2.01. The molecule has 0 unspecified atom stereocenters. The minimum Gasteiger partial charge on any atom is -0.351 e. The minimum absolute atomic E-state index is 0.137. The fourth-order valence-electron chi connectivity index (χ4n) is 0.705. The largest absolute Gasteiger partial charge is 0.351 e. The Morgan fingerprint density at radius 1 is 1.82 bits per heavy atom. The molecule has 0 aliphatic rings. The number of hydrogen-bond acceptors (Lipinski definition) is 2. The lowest BCUT2D eigenvalue weighted by atomic mass is 10.3. The molecule has 1 rings (SSSR count). The summed E-state index contributed by atoms with van der Waals surface area (Å²) in [7, 11) is 0. The summed E-state index contributed by atoms with van der Waals surface area (Å²) in [6, 6.07) is 6.03. The van der Waals surface area contributed by atoms with Gasteiger partial charge >= 0.3 is 0 Å². The Morgan fingerprint density at radius 3 is 3.18 bits per heavy atom. The Bertz CT molecular complexity index is 233. The van der Waals surface area contributed by atoms with Crippen molar-refractivity contribution in [2.75, 3.05) is 6.54 Å². The Balaban J connectivity index is 2.69. The number of aromatic nitrogens is 1. The lowest BCUT2D eigenvalue weighted by molar-refractivity contribution is 0.0951. The van der Waals surface area contributed by atoms with Gasteiger partial charge < -0.3 is 5.32 Å². The second-order valence-corrected chi connectivity index (χ2v) is 2.00. The molecule has 0 aromatic carbocycles. The minimum atomic E-state index is -0.137. The number of nitrogens with one attached hydrogen (secondary N) is 1. The van der Waals surface area contributed by atoms with Gasteiger partial charge in [0.05, 0.1) is 0 Å². The van der Waals surface area contributed by atoms with E-state index in [0.29, 0.717) is 12.2 Å². The predicted molar refractivity (Wildman–Crippen MR) is 41.1 cm³/mol. The van der Waals surface area contributed by atoms with Gasteiger partial charge in [0.25, 0.3) is 5.91 Å². The van der Waals surface area contributed by atoms with Crippen LogP contribution in [-0.2, 0) is 0 Å². The highest BCUT2D eigenvalue weighted by Crippen LogP contribution is 1.90. The van der Waals surface area contributed by atoms with Crippen LogP contribution in [0.25, 0.3) is 0 Å². The summed E-state index contributed by atoms with van der Waals surface area (Å²) in [6.07, 6.45) is 1.48. The smallest absolute Gasteiger partial charge is 0.269 e. The fourth-order valence-corrected chi connectivity index (χ4v) is 0.705. The highest BCUT2D eigenvalue weighted by molar-refractivity contribution is 5.92. The molecule has 0 aliphatic carbocycles. The van der Waals surface area contributed by atoms with Gasteiger partial charge in [-0.3, -0.25) is 9.78 Å². The van der Waals surface area contributed by atoms with Gasteiger partial charge in [-0.15, -0.1) is 0 Å². The number of nitrogens with zero attached hydrogens (tertiary/aromatic N) is 1. The molecule has 0 atom stereocenters. The molecule has 1 radical (unpaired) electrons. The standard InChI is InChI=1S/C8H9N2O/c1-2-9-8(11)7-5-3-4-6-10-7/h3,5-6H,2H2,1H3,(H,9,11). The highest BCUT2D eigenvalue weighted by atomic mass is 16.1. The Labute approximate surface area is 65.5 Å². The Hall–Kier alpha value is -1.38. The summed E-state index contributed by atoms with van der Waals surface area (Å²) in [5.41, 5.74) is 0.436. The molecular weight excluding hydrogens is 140 g/mol. The van der Waals surface area contributed by atoms with E-state index in [4.69, 9.17) is 0 Å². The summed E-state index contributed by atoms with van der Waals surface area (Å²) in [5.74, 6) is -0.137. The second kappa shape index (κ2) is 3.71. The van der Waals surface area contributed by atoms with Crippen LogP contribution < -0.4 is 5.32 Å². The Kier molecular flexibility index (Phi) is 2.60. The summed E-state index contributed by atoms with van der Waals surface area (Å²) in [4.78, 5) is 14.9. The topological polar surface area (TPSA) is 42.0 Å². The van der Waals surface area contributed by atoms with Crippen LogP contribution in [0, 0.1) is 6.07 Å². The number of pyridine rings is 1. The maximum atomic E-state index is 11.1. The van der Waals surface area contributed by atoms with Crippen LogP contribution >= 0.6 is 0 Å². The average molecular weight is 149 g/mol. The van der Waals surface area contributed by atoms with Crippen LogP contribution in [0.2, 0.25) is 0 Å². The van der Waals surface area contributed by atoms with E-state index in [1.807, 2.05) is 6.92 Å². The molecule has 0 spiro atoms. The van der Waals surface area contributed by atoms with Crippen molar-refractivity contribution in [3.05, 3.63) is 30.1 Å². The van der Waals surface area contributed by atoms with Crippen molar-refractivity contribution in [3.8, 4) is 0 Å². The zero-order chi connectivity index (χ0) is 8.10. The number of rotatable bonds is 2. The molecule has 3 nitrogen and oxygen atoms in total. The Morgan fingerprint density at radius 2 is 2.64 bits per heavy atom. The second-order valence-electron chi connectivity index (χ2n) is 2.00. The molecule has 1 amide bonds. The van der Waals surface area contributed by atoms with E-state index in [1.165, 1.54) is 6.20 Å². The van der Waals surface area contributed by atoms with Crippen LogP contribution in [-0.4, -0.2) is 17.4 Å². The van der Waals surface area contributed by atoms with Gasteiger partial charge in [-0.05, 0) is 13.0 Å². The summed E-state index contributed by atoms with van der Waals surface area (Å²) in [5, 5.41) is 2.65. The van der Waals surface area contributed by atoms with Gasteiger partial charge in [-0.2, -0.15) is 0 Å². The van der Waals surface area contributed by atoms with Crippen LogP contribution in [0.3, 0.4) is 0 Å². The molecule has 0 aliphatic heterocycles. The van der Waals surface area contributed by atoms with Crippen molar-refractivity contribution in [1.82, 2.24) is 10.3 Å². The van der Waals surface area contributed by atoms with Crippen molar-refractivity contribution in [3.63, 3.8) is 0 Å². The average Bonchev–Trinajstić information content (AvgIpc) is 2.07. The number of carbonyl (C=O) groups excluding carboxylic acids is 1. The van der Waals surface area contributed by atoms with Crippen molar-refractivity contribution >= 4 is 5.91 Å². The van der Waals surface area contributed by atoms with E-state index >= 15 is 0 Å². The van der Waals surface area contributed by atoms with Crippen molar-refractivity contribution in [2.24, 2.45) is 0 Å². The van der Waals surface area contributed by atoms with Crippen LogP contribution in [0.4, 0.5) is 0 Å². The predicted octanol–water partition coefficient (Wildman–Crippen LogP) is 0.631. The molecule has 1 heterocycles. The van der Waals surface area contributed by atoms with Crippen LogP contribution in [0.1, 0.15) is 17.4 Å². The first-order valence-electron chi connectivity index (χ1n) is 3.45. The first-order valence-corrected chi connectivity index (χ1v) is 3.45. The lowest BCUT2D eigenvalue weighted by Crippen LogP contribution is -2.23. The summed E-state index contributed by atoms with van der Waals surface area (Å²) < 4.78 is 0. The SMILES string of the molecule is CCNC(=O)c1cc[c]cn1. The number of hydrogen-bond donors (Lipinski definition) is 1. The molecule has 1 N–H and O–H groups in total. The number of carbonyl (C=O) groups is 1. The summed E-state index contributed by atoms with van der Waals surface area (Å²) >= 11 is 0. The number of amides is 1. The summed E-state index contributed by atoms with van der Waals surface area (Å²) in [6.45, 7) is 2.49.